The number of aliphatic hydroxyl groups excluding tert-OH is 1. The third-order valence-corrected chi connectivity index (χ3v) is 4.55. The fourth-order valence-electron chi connectivity index (χ4n) is 3.06. The molecule has 0 aliphatic rings. The molecular formula is C19H34LiN2O6+. The number of hydrogen-bond acceptors (Lipinski definition) is 5. The molecule has 8 nitrogen and oxygen atoms in total. The van der Waals surface area contributed by atoms with Gasteiger partial charge >= 0.3 is 24.8 Å². The number of unbranched alkanes of at least 4 members (excludes halogenated alkanes) is 1. The molecule has 0 rings (SSSR count). The van der Waals surface area contributed by atoms with Crippen LogP contribution in [0.25, 0.3) is 0 Å². The molecule has 0 aliphatic heterocycles. The number of hydrogen-bond donors (Lipinski definition) is 3. The van der Waals surface area contributed by atoms with Crippen molar-refractivity contribution < 1.29 is 53.0 Å². The SMILES string of the molecule is CCC/C=C/CC(=O)NCC[N+](CCO)(CC(C)C(=O)[O-])CC(C)C(=O)O.[Li+]. The van der Waals surface area contributed by atoms with E-state index in [0.29, 0.717) is 6.54 Å². The van der Waals surface area contributed by atoms with Crippen LogP contribution in [0.1, 0.15) is 40.0 Å². The summed E-state index contributed by atoms with van der Waals surface area (Å²) in [6, 6.07) is 0. The Morgan fingerprint density at radius 2 is 1.71 bits per heavy atom. The van der Waals surface area contributed by atoms with Gasteiger partial charge in [0, 0.05) is 18.3 Å². The van der Waals surface area contributed by atoms with Crippen molar-refractivity contribution in [1.29, 1.82) is 0 Å². The number of aliphatic hydroxyl groups is 1. The number of carbonyl (C=O) groups is 3. The first-order chi connectivity index (χ1) is 12.7. The van der Waals surface area contributed by atoms with E-state index in [0.717, 1.165) is 12.8 Å². The summed E-state index contributed by atoms with van der Waals surface area (Å²) < 4.78 is 0.0884. The van der Waals surface area contributed by atoms with Crippen LogP contribution in [0.15, 0.2) is 12.2 Å². The second kappa shape index (κ2) is 15.6. The second-order valence-corrected chi connectivity index (χ2v) is 7.15. The maximum Gasteiger partial charge on any atom is 1.00 e. The van der Waals surface area contributed by atoms with E-state index in [9.17, 15) is 29.7 Å². The van der Waals surface area contributed by atoms with Crippen LogP contribution in [-0.4, -0.2) is 71.9 Å². The number of carboxylic acid groups (broad SMARTS) is 2. The topological polar surface area (TPSA) is 127 Å². The number of carbonyl (C=O) groups excluding carboxylic acids is 2. The monoisotopic (exact) mass is 393 g/mol. The van der Waals surface area contributed by atoms with Crippen LogP contribution in [0.3, 0.4) is 0 Å². The zero-order valence-electron chi connectivity index (χ0n) is 17.6. The third-order valence-electron chi connectivity index (χ3n) is 4.55. The van der Waals surface area contributed by atoms with Crippen LogP contribution >= 0.6 is 0 Å². The number of nitrogens with one attached hydrogen (secondary N) is 1. The van der Waals surface area contributed by atoms with Gasteiger partial charge in [0.1, 0.15) is 12.5 Å². The summed E-state index contributed by atoms with van der Waals surface area (Å²) in [7, 11) is 0. The summed E-state index contributed by atoms with van der Waals surface area (Å²) in [5.74, 6) is -3.86. The van der Waals surface area contributed by atoms with Gasteiger partial charge in [-0.05, 0) is 13.3 Å². The van der Waals surface area contributed by atoms with Gasteiger partial charge in [0.25, 0.3) is 0 Å². The Labute approximate surface area is 179 Å². The van der Waals surface area contributed by atoms with Gasteiger partial charge in [-0.1, -0.05) is 32.4 Å². The molecule has 1 amide bonds. The zero-order valence-corrected chi connectivity index (χ0v) is 17.6. The minimum absolute atomic E-state index is 0. The molecule has 0 spiro atoms. The molecule has 9 heteroatoms. The molecule has 0 fully saturated rings. The molecule has 0 aromatic heterocycles. The van der Waals surface area contributed by atoms with Crippen molar-refractivity contribution >= 4 is 17.8 Å². The van der Waals surface area contributed by atoms with E-state index >= 15 is 0 Å². The number of aliphatic carboxylic acids is 2. The second-order valence-electron chi connectivity index (χ2n) is 7.15. The van der Waals surface area contributed by atoms with Crippen LogP contribution in [0, 0.1) is 11.8 Å². The van der Waals surface area contributed by atoms with Gasteiger partial charge < -0.3 is 29.9 Å². The first-order valence-corrected chi connectivity index (χ1v) is 9.48. The predicted octanol–water partition coefficient (Wildman–Crippen LogP) is -3.23. The van der Waals surface area contributed by atoms with Crippen LogP contribution in [0.2, 0.25) is 0 Å². The van der Waals surface area contributed by atoms with Crippen molar-refractivity contribution in [3.05, 3.63) is 12.2 Å². The normalized spacial score (nSPS) is 15.3. The number of carboxylic acids is 2. The molecule has 0 aromatic carbocycles. The molecule has 0 heterocycles. The maximum absolute atomic E-state index is 11.9. The minimum Gasteiger partial charge on any atom is -0.550 e. The van der Waals surface area contributed by atoms with Crippen LogP contribution < -0.4 is 29.3 Å². The molecule has 3 atom stereocenters. The molecule has 3 unspecified atom stereocenters. The van der Waals surface area contributed by atoms with E-state index in [1.807, 2.05) is 6.08 Å². The van der Waals surface area contributed by atoms with Crippen molar-refractivity contribution in [1.82, 2.24) is 5.32 Å². The van der Waals surface area contributed by atoms with Crippen molar-refractivity contribution in [2.24, 2.45) is 11.8 Å². The molecule has 0 radical (unpaired) electrons. The van der Waals surface area contributed by atoms with Crippen molar-refractivity contribution in [3.63, 3.8) is 0 Å². The van der Waals surface area contributed by atoms with E-state index in [2.05, 4.69) is 12.2 Å². The zero-order chi connectivity index (χ0) is 20.9. The Balaban J connectivity index is 0. The van der Waals surface area contributed by atoms with Gasteiger partial charge in [-0.2, -0.15) is 0 Å². The third kappa shape index (κ3) is 12.2. The van der Waals surface area contributed by atoms with Gasteiger partial charge in [0.2, 0.25) is 5.91 Å². The largest absolute Gasteiger partial charge is 1.00 e. The summed E-state index contributed by atoms with van der Waals surface area (Å²) in [6.45, 7) is 6.01. The quantitative estimate of drug-likeness (QED) is 0.153. The van der Waals surface area contributed by atoms with Gasteiger partial charge in [0.05, 0.1) is 32.8 Å². The Morgan fingerprint density at radius 3 is 2.21 bits per heavy atom. The summed E-state index contributed by atoms with van der Waals surface area (Å²) in [6.07, 6.45) is 5.94. The number of rotatable bonds is 15. The Morgan fingerprint density at radius 1 is 1.11 bits per heavy atom. The van der Waals surface area contributed by atoms with Gasteiger partial charge in [-0.25, -0.2) is 0 Å². The number of allylic oxidation sites excluding steroid dienone is 1. The molecule has 0 saturated carbocycles. The van der Waals surface area contributed by atoms with E-state index in [1.54, 1.807) is 13.0 Å². The Hall–Kier alpha value is -1.33. The minimum atomic E-state index is -1.22. The first kappa shape index (κ1) is 28.9. The maximum atomic E-state index is 11.9. The van der Waals surface area contributed by atoms with Gasteiger partial charge in [-0.15, -0.1) is 0 Å². The molecule has 0 saturated heterocycles. The van der Waals surface area contributed by atoms with E-state index in [4.69, 9.17) is 0 Å². The number of nitrogens with zero attached hydrogens (tertiary/aromatic N) is 1. The summed E-state index contributed by atoms with van der Waals surface area (Å²) in [5, 5.41) is 32.6. The standard InChI is InChI=1S/C19H34N2O6.Li/c1-4-5-6-7-8-17(23)20-9-10-21(11-12-22,13-15(2)18(24)25)14-16(3)19(26)27;/h6-7,15-16,22H,4-5,8-14H2,1-3H3,(H2-,20,23,24,25,26,27);/q;+1/b7-6+;. The van der Waals surface area contributed by atoms with E-state index < -0.39 is 23.8 Å². The van der Waals surface area contributed by atoms with E-state index in [1.165, 1.54) is 6.92 Å². The smallest absolute Gasteiger partial charge is 0.550 e. The number of quaternary nitrogens is 1. The molecule has 0 aliphatic carbocycles. The fraction of sp³-hybridized carbons (Fsp3) is 0.737. The summed E-state index contributed by atoms with van der Waals surface area (Å²) in [4.78, 5) is 34.3. The van der Waals surface area contributed by atoms with Crippen molar-refractivity contribution in [2.75, 3.05) is 39.3 Å². The number of amides is 1. The van der Waals surface area contributed by atoms with Gasteiger partial charge in [-0.3, -0.25) is 9.59 Å². The molecule has 3 N–H and O–H groups in total. The summed E-state index contributed by atoms with van der Waals surface area (Å²) in [5.41, 5.74) is 0. The van der Waals surface area contributed by atoms with E-state index in [-0.39, 0.29) is 68.5 Å². The average Bonchev–Trinajstić information content (AvgIpc) is 2.58. The average molecular weight is 393 g/mol. The van der Waals surface area contributed by atoms with Crippen LogP contribution in [0.4, 0.5) is 0 Å². The van der Waals surface area contributed by atoms with Gasteiger partial charge in [0.15, 0.2) is 0 Å². The van der Waals surface area contributed by atoms with Crippen molar-refractivity contribution in [3.8, 4) is 0 Å². The fourth-order valence-corrected chi connectivity index (χ4v) is 3.06. The molecule has 0 bridgehead atoms. The molecular weight excluding hydrogens is 359 g/mol. The van der Waals surface area contributed by atoms with Crippen molar-refractivity contribution in [2.45, 2.75) is 40.0 Å². The van der Waals surface area contributed by atoms with Crippen LogP contribution in [0.5, 0.6) is 0 Å². The Bertz CT molecular complexity index is 491. The van der Waals surface area contributed by atoms with Crippen LogP contribution in [-0.2, 0) is 14.4 Å². The molecule has 0 aromatic rings. The predicted molar refractivity (Wildman–Crippen MR) is 99.5 cm³/mol. The Kier molecular flexibility index (Phi) is 16.1. The molecule has 156 valence electrons. The summed E-state index contributed by atoms with van der Waals surface area (Å²) >= 11 is 0. The first-order valence-electron chi connectivity index (χ1n) is 9.48. The molecule has 28 heavy (non-hydrogen) atoms.